The number of amides is 1. The van der Waals surface area contributed by atoms with Crippen LogP contribution in [0.5, 0.6) is 5.75 Å². The molecule has 2 aromatic rings. The van der Waals surface area contributed by atoms with E-state index in [0.29, 0.717) is 42.9 Å². The van der Waals surface area contributed by atoms with Crippen molar-refractivity contribution in [3.05, 3.63) is 47.7 Å². The first kappa shape index (κ1) is 19.9. The predicted molar refractivity (Wildman–Crippen MR) is 103 cm³/mol. The molecule has 28 heavy (non-hydrogen) atoms. The second-order valence-corrected chi connectivity index (χ2v) is 6.67. The third kappa shape index (κ3) is 5.32. The molecule has 9 heteroatoms. The molecule has 0 radical (unpaired) electrons. The van der Waals surface area contributed by atoms with E-state index in [4.69, 9.17) is 21.1 Å². The molecule has 1 unspecified atom stereocenters. The molecule has 0 spiro atoms. The average molecular weight is 405 g/mol. The number of esters is 1. The predicted octanol–water partition coefficient (Wildman–Crippen LogP) is 1.79. The normalized spacial score (nSPS) is 15.1. The summed E-state index contributed by atoms with van der Waals surface area (Å²) in [5, 5.41) is 0.577. The van der Waals surface area contributed by atoms with Crippen molar-refractivity contribution in [2.75, 3.05) is 37.7 Å². The summed E-state index contributed by atoms with van der Waals surface area (Å²) in [4.78, 5) is 36.6. The van der Waals surface area contributed by atoms with Crippen LogP contribution < -0.4 is 9.64 Å². The Morgan fingerprint density at radius 2 is 1.75 bits per heavy atom. The number of carbonyl (C=O) groups is 2. The molecule has 1 saturated heterocycles. The van der Waals surface area contributed by atoms with E-state index in [0.717, 1.165) is 0 Å². The highest BCUT2D eigenvalue weighted by molar-refractivity contribution is 6.30. The Hall–Kier alpha value is -2.87. The van der Waals surface area contributed by atoms with E-state index in [1.807, 2.05) is 4.90 Å². The molecule has 1 amide bonds. The van der Waals surface area contributed by atoms with Gasteiger partial charge in [0.25, 0.3) is 5.91 Å². The summed E-state index contributed by atoms with van der Waals surface area (Å²) in [6.45, 7) is 3.56. The van der Waals surface area contributed by atoms with Gasteiger partial charge in [-0.1, -0.05) is 11.6 Å². The lowest BCUT2D eigenvalue weighted by Crippen LogP contribution is -2.52. The van der Waals surface area contributed by atoms with E-state index in [2.05, 4.69) is 9.97 Å². The summed E-state index contributed by atoms with van der Waals surface area (Å²) >= 11 is 5.80. The summed E-state index contributed by atoms with van der Waals surface area (Å²) in [5.74, 6) is 0.314. The zero-order valence-electron chi connectivity index (χ0n) is 15.5. The Bertz CT molecular complexity index is 795. The Kier molecular flexibility index (Phi) is 6.65. The van der Waals surface area contributed by atoms with Gasteiger partial charge in [0.15, 0.2) is 12.7 Å². The molecular weight excluding hydrogens is 384 g/mol. The van der Waals surface area contributed by atoms with Crippen molar-refractivity contribution in [1.29, 1.82) is 0 Å². The van der Waals surface area contributed by atoms with E-state index in [1.54, 1.807) is 54.5 Å². The maximum absolute atomic E-state index is 12.5. The van der Waals surface area contributed by atoms with Crippen LogP contribution in [-0.4, -0.2) is 65.6 Å². The van der Waals surface area contributed by atoms with E-state index >= 15 is 0 Å². The third-order valence-electron chi connectivity index (χ3n) is 4.25. The molecule has 0 aliphatic carbocycles. The third-order valence-corrected chi connectivity index (χ3v) is 4.50. The van der Waals surface area contributed by atoms with Gasteiger partial charge in [0.05, 0.1) is 0 Å². The molecule has 0 saturated carbocycles. The molecule has 1 atom stereocenters. The number of halogens is 1. The highest BCUT2D eigenvalue weighted by Crippen LogP contribution is 2.16. The number of benzene rings is 1. The van der Waals surface area contributed by atoms with Crippen LogP contribution in [0.25, 0.3) is 0 Å². The number of ether oxygens (including phenoxy) is 2. The first-order valence-electron chi connectivity index (χ1n) is 8.91. The van der Waals surface area contributed by atoms with Gasteiger partial charge in [0.1, 0.15) is 5.75 Å². The molecule has 1 aromatic heterocycles. The molecule has 148 valence electrons. The number of carbonyl (C=O) groups excluding carboxylic acids is 2. The summed E-state index contributed by atoms with van der Waals surface area (Å²) in [5.41, 5.74) is 0. The van der Waals surface area contributed by atoms with Crippen molar-refractivity contribution in [3.63, 3.8) is 0 Å². The Morgan fingerprint density at radius 1 is 1.11 bits per heavy atom. The Morgan fingerprint density at radius 3 is 2.39 bits per heavy atom. The second kappa shape index (κ2) is 9.36. The van der Waals surface area contributed by atoms with Crippen molar-refractivity contribution >= 4 is 29.4 Å². The zero-order valence-corrected chi connectivity index (χ0v) is 16.2. The first-order valence-corrected chi connectivity index (χ1v) is 9.29. The van der Waals surface area contributed by atoms with Gasteiger partial charge >= 0.3 is 5.97 Å². The van der Waals surface area contributed by atoms with Gasteiger partial charge < -0.3 is 19.3 Å². The quantitative estimate of drug-likeness (QED) is 0.678. The lowest BCUT2D eigenvalue weighted by Gasteiger charge is -2.35. The highest BCUT2D eigenvalue weighted by Gasteiger charge is 2.28. The summed E-state index contributed by atoms with van der Waals surface area (Å²) in [6.07, 6.45) is 2.50. The fraction of sp³-hybridized carbons (Fsp3) is 0.368. The molecule has 1 aliphatic rings. The molecule has 1 aromatic carbocycles. The van der Waals surface area contributed by atoms with Crippen LogP contribution in [-0.2, 0) is 14.3 Å². The Balaban J connectivity index is 1.43. The van der Waals surface area contributed by atoms with Gasteiger partial charge in [-0.15, -0.1) is 0 Å². The monoisotopic (exact) mass is 404 g/mol. The SMILES string of the molecule is CC(OC(=O)COc1ccc(Cl)cc1)C(=O)N1CCN(c2ncccn2)CC1. The van der Waals surface area contributed by atoms with Gasteiger partial charge in [0, 0.05) is 43.6 Å². The molecule has 1 fully saturated rings. The summed E-state index contributed by atoms with van der Waals surface area (Å²) in [7, 11) is 0. The number of nitrogens with zero attached hydrogens (tertiary/aromatic N) is 4. The molecular formula is C19H21ClN4O4. The minimum atomic E-state index is -0.874. The fourth-order valence-corrected chi connectivity index (χ4v) is 2.92. The van der Waals surface area contributed by atoms with Crippen LogP contribution >= 0.6 is 11.6 Å². The molecule has 3 rings (SSSR count). The Labute approximate surface area is 168 Å². The van der Waals surface area contributed by atoms with Gasteiger partial charge in [0.2, 0.25) is 5.95 Å². The van der Waals surface area contributed by atoms with Crippen LogP contribution in [0, 0.1) is 0 Å². The van der Waals surface area contributed by atoms with Crippen LogP contribution in [0.2, 0.25) is 5.02 Å². The lowest BCUT2D eigenvalue weighted by atomic mass is 10.2. The van der Waals surface area contributed by atoms with Crippen molar-refractivity contribution in [1.82, 2.24) is 14.9 Å². The topological polar surface area (TPSA) is 84.9 Å². The van der Waals surface area contributed by atoms with Crippen LogP contribution in [0.15, 0.2) is 42.7 Å². The minimum absolute atomic E-state index is 0.228. The first-order chi connectivity index (χ1) is 13.5. The largest absolute Gasteiger partial charge is 0.482 e. The molecule has 1 aliphatic heterocycles. The average Bonchev–Trinajstić information content (AvgIpc) is 2.73. The highest BCUT2D eigenvalue weighted by atomic mass is 35.5. The van der Waals surface area contributed by atoms with Crippen molar-refractivity contribution < 1.29 is 19.1 Å². The van der Waals surface area contributed by atoms with Crippen molar-refractivity contribution in [2.45, 2.75) is 13.0 Å². The van der Waals surface area contributed by atoms with Crippen LogP contribution in [0.4, 0.5) is 5.95 Å². The number of rotatable bonds is 6. The van der Waals surface area contributed by atoms with Crippen LogP contribution in [0.1, 0.15) is 6.92 Å². The van der Waals surface area contributed by atoms with E-state index < -0.39 is 12.1 Å². The number of hydrogen-bond acceptors (Lipinski definition) is 7. The van der Waals surface area contributed by atoms with E-state index in [-0.39, 0.29) is 12.5 Å². The number of anilines is 1. The summed E-state index contributed by atoms with van der Waals surface area (Å²) in [6, 6.07) is 8.39. The second-order valence-electron chi connectivity index (χ2n) is 6.24. The molecule has 0 bridgehead atoms. The number of aromatic nitrogens is 2. The van der Waals surface area contributed by atoms with E-state index in [9.17, 15) is 9.59 Å². The maximum atomic E-state index is 12.5. The van der Waals surface area contributed by atoms with Gasteiger partial charge in [-0.05, 0) is 37.3 Å². The van der Waals surface area contributed by atoms with Crippen molar-refractivity contribution in [3.8, 4) is 5.75 Å². The fourth-order valence-electron chi connectivity index (χ4n) is 2.79. The van der Waals surface area contributed by atoms with Crippen molar-refractivity contribution in [2.24, 2.45) is 0 Å². The smallest absolute Gasteiger partial charge is 0.344 e. The van der Waals surface area contributed by atoms with E-state index in [1.165, 1.54) is 0 Å². The standard InChI is InChI=1S/C19H21ClN4O4/c1-14(28-17(25)13-27-16-5-3-15(20)4-6-16)18(26)23-9-11-24(12-10-23)19-21-7-2-8-22-19/h2-8,14H,9-13H2,1H3. The van der Waals surface area contributed by atoms with Crippen LogP contribution in [0.3, 0.4) is 0 Å². The molecule has 2 heterocycles. The number of hydrogen-bond donors (Lipinski definition) is 0. The minimum Gasteiger partial charge on any atom is -0.482 e. The maximum Gasteiger partial charge on any atom is 0.344 e. The molecule has 0 N–H and O–H groups in total. The molecule has 8 nitrogen and oxygen atoms in total. The van der Waals surface area contributed by atoms with Gasteiger partial charge in [-0.25, -0.2) is 14.8 Å². The zero-order chi connectivity index (χ0) is 19.9. The lowest BCUT2D eigenvalue weighted by molar-refractivity contribution is -0.160. The summed E-state index contributed by atoms with van der Waals surface area (Å²) < 4.78 is 10.5. The van der Waals surface area contributed by atoms with Gasteiger partial charge in [-0.2, -0.15) is 0 Å². The number of piperazine rings is 1. The van der Waals surface area contributed by atoms with Gasteiger partial charge in [-0.3, -0.25) is 4.79 Å².